The van der Waals surface area contributed by atoms with Gasteiger partial charge in [-0.3, -0.25) is 4.90 Å². The smallest absolute Gasteiger partial charge is 0.122 e. The summed E-state index contributed by atoms with van der Waals surface area (Å²) in [5.41, 5.74) is 8.63. The summed E-state index contributed by atoms with van der Waals surface area (Å²) in [4.78, 5) is 2.53. The molecule has 1 saturated heterocycles. The first-order chi connectivity index (χ1) is 9.11. The summed E-state index contributed by atoms with van der Waals surface area (Å²) >= 11 is 0. The molecule has 114 valence electrons. The van der Waals surface area contributed by atoms with Gasteiger partial charge in [0.2, 0.25) is 0 Å². The number of nitrogens with zero attached hydrogens (tertiary/aromatic N) is 1. The normalized spacial score (nSPS) is 21.1. The Morgan fingerprint density at radius 2 is 2.15 bits per heavy atom. The maximum absolute atomic E-state index is 6.13. The molecule has 0 saturated carbocycles. The number of ether oxygens (including phenoxy) is 1. The van der Waals surface area contributed by atoms with Crippen molar-refractivity contribution in [3.63, 3.8) is 0 Å². The number of hydrogen-bond acceptors (Lipinski definition) is 3. The van der Waals surface area contributed by atoms with E-state index in [1.807, 2.05) is 0 Å². The molecule has 1 aromatic carbocycles. The second-order valence-corrected chi connectivity index (χ2v) is 5.70. The highest BCUT2D eigenvalue weighted by Gasteiger charge is 2.25. The van der Waals surface area contributed by atoms with Gasteiger partial charge in [0.15, 0.2) is 0 Å². The van der Waals surface area contributed by atoms with Crippen LogP contribution in [0.25, 0.3) is 0 Å². The number of halogens is 1. The van der Waals surface area contributed by atoms with Crippen molar-refractivity contribution in [3.8, 4) is 5.75 Å². The van der Waals surface area contributed by atoms with Gasteiger partial charge in [0.1, 0.15) is 5.75 Å². The summed E-state index contributed by atoms with van der Waals surface area (Å²) in [5.74, 6) is 0.979. The molecule has 1 aliphatic heterocycles. The van der Waals surface area contributed by atoms with Crippen LogP contribution < -0.4 is 10.5 Å². The first-order valence-electron chi connectivity index (χ1n) is 7.25. The van der Waals surface area contributed by atoms with Crippen LogP contribution in [0.2, 0.25) is 0 Å². The Hall–Kier alpha value is -0.770. The first kappa shape index (κ1) is 17.3. The van der Waals surface area contributed by atoms with E-state index in [1.165, 1.54) is 30.4 Å². The molecule has 2 atom stereocenters. The van der Waals surface area contributed by atoms with E-state index in [0.717, 1.165) is 18.8 Å². The fourth-order valence-electron chi connectivity index (χ4n) is 3.01. The third-order valence-corrected chi connectivity index (χ3v) is 4.13. The molecule has 0 spiro atoms. The number of piperidine rings is 1. The highest BCUT2D eigenvalue weighted by molar-refractivity contribution is 5.85. The topological polar surface area (TPSA) is 38.5 Å². The van der Waals surface area contributed by atoms with Crippen LogP contribution in [0.3, 0.4) is 0 Å². The molecule has 20 heavy (non-hydrogen) atoms. The van der Waals surface area contributed by atoms with Crippen LogP contribution in [0.4, 0.5) is 0 Å². The summed E-state index contributed by atoms with van der Waals surface area (Å²) < 4.78 is 5.41. The summed E-state index contributed by atoms with van der Waals surface area (Å²) in [6.07, 6.45) is 3.81. The molecular weight excluding hydrogens is 272 g/mol. The maximum atomic E-state index is 6.13. The minimum absolute atomic E-state index is 0. The number of hydrogen-bond donors (Lipinski definition) is 1. The Labute approximate surface area is 128 Å². The molecule has 1 heterocycles. The Morgan fingerprint density at radius 3 is 2.80 bits per heavy atom. The predicted octanol–water partition coefficient (Wildman–Crippen LogP) is 3.13. The molecule has 0 aliphatic carbocycles. The van der Waals surface area contributed by atoms with Gasteiger partial charge in [-0.15, -0.1) is 12.4 Å². The van der Waals surface area contributed by atoms with Crippen molar-refractivity contribution in [3.05, 3.63) is 29.3 Å². The molecule has 0 amide bonds. The van der Waals surface area contributed by atoms with Crippen molar-refractivity contribution in [2.24, 2.45) is 5.73 Å². The van der Waals surface area contributed by atoms with Crippen LogP contribution in [-0.4, -0.2) is 30.6 Å². The molecule has 2 unspecified atom stereocenters. The van der Waals surface area contributed by atoms with E-state index >= 15 is 0 Å². The van der Waals surface area contributed by atoms with Crippen molar-refractivity contribution >= 4 is 12.4 Å². The van der Waals surface area contributed by atoms with Gasteiger partial charge in [0.05, 0.1) is 7.11 Å². The highest BCUT2D eigenvalue weighted by atomic mass is 35.5. The zero-order valence-electron chi connectivity index (χ0n) is 12.8. The average Bonchev–Trinajstić information content (AvgIpc) is 2.41. The monoisotopic (exact) mass is 298 g/mol. The molecule has 0 aromatic heterocycles. The third kappa shape index (κ3) is 4.11. The molecule has 0 radical (unpaired) electrons. The molecule has 3 nitrogen and oxygen atoms in total. The zero-order valence-corrected chi connectivity index (χ0v) is 13.6. The number of nitrogens with two attached hydrogens (primary N) is 1. The number of aryl methyl sites for hydroxylation is 1. The molecule has 1 aliphatic rings. The minimum Gasteiger partial charge on any atom is -0.496 e. The van der Waals surface area contributed by atoms with Gasteiger partial charge in [-0.2, -0.15) is 0 Å². The van der Waals surface area contributed by atoms with Gasteiger partial charge in [-0.05, 0) is 50.4 Å². The van der Waals surface area contributed by atoms with E-state index in [1.54, 1.807) is 7.11 Å². The van der Waals surface area contributed by atoms with Crippen LogP contribution in [0, 0.1) is 6.92 Å². The van der Waals surface area contributed by atoms with E-state index in [4.69, 9.17) is 10.5 Å². The van der Waals surface area contributed by atoms with Gasteiger partial charge in [0.25, 0.3) is 0 Å². The largest absolute Gasteiger partial charge is 0.496 e. The highest BCUT2D eigenvalue weighted by Crippen LogP contribution is 2.24. The second-order valence-electron chi connectivity index (χ2n) is 5.70. The molecule has 2 N–H and O–H groups in total. The fraction of sp³-hybridized carbons (Fsp3) is 0.625. The van der Waals surface area contributed by atoms with Gasteiger partial charge in [0, 0.05) is 18.6 Å². The molecule has 4 heteroatoms. The summed E-state index contributed by atoms with van der Waals surface area (Å²) in [6.45, 7) is 6.33. The standard InChI is InChI=1S/C16H26N2O.ClH/c1-12-7-8-14(10-16(12)19-3)11-18-9-5-4-6-15(18)13(2)17;/h7-8,10,13,15H,4-6,9,11,17H2,1-3H3;1H. The Kier molecular flexibility index (Phi) is 6.80. The predicted molar refractivity (Wildman–Crippen MR) is 86.7 cm³/mol. The van der Waals surface area contributed by atoms with E-state index in [2.05, 4.69) is 36.9 Å². The van der Waals surface area contributed by atoms with Crippen LogP contribution in [0.5, 0.6) is 5.75 Å². The van der Waals surface area contributed by atoms with Crippen molar-refractivity contribution in [2.75, 3.05) is 13.7 Å². The van der Waals surface area contributed by atoms with Gasteiger partial charge in [-0.25, -0.2) is 0 Å². The lowest BCUT2D eigenvalue weighted by Crippen LogP contribution is -2.48. The van der Waals surface area contributed by atoms with E-state index < -0.39 is 0 Å². The SMILES string of the molecule is COc1cc(CN2CCCCC2C(C)N)ccc1C.Cl. The summed E-state index contributed by atoms with van der Waals surface area (Å²) in [7, 11) is 1.73. The van der Waals surface area contributed by atoms with Crippen molar-refractivity contribution in [2.45, 2.75) is 51.7 Å². The number of likely N-dealkylation sites (tertiary alicyclic amines) is 1. The zero-order chi connectivity index (χ0) is 13.8. The summed E-state index contributed by atoms with van der Waals surface area (Å²) in [6, 6.07) is 7.25. The van der Waals surface area contributed by atoms with Crippen LogP contribution >= 0.6 is 12.4 Å². The fourth-order valence-corrected chi connectivity index (χ4v) is 3.01. The molecule has 2 rings (SSSR count). The minimum atomic E-state index is 0. The van der Waals surface area contributed by atoms with Crippen LogP contribution in [0.15, 0.2) is 18.2 Å². The maximum Gasteiger partial charge on any atom is 0.122 e. The Balaban J connectivity index is 0.00000200. The van der Waals surface area contributed by atoms with Gasteiger partial charge in [-0.1, -0.05) is 18.6 Å². The lowest BCUT2D eigenvalue weighted by molar-refractivity contribution is 0.123. The molecule has 1 fully saturated rings. The Bertz CT molecular complexity index is 423. The van der Waals surface area contributed by atoms with E-state index in [0.29, 0.717) is 6.04 Å². The second kappa shape index (κ2) is 7.87. The third-order valence-electron chi connectivity index (χ3n) is 4.13. The average molecular weight is 299 g/mol. The number of benzene rings is 1. The molecular formula is C16H27ClN2O. The Morgan fingerprint density at radius 1 is 1.40 bits per heavy atom. The van der Waals surface area contributed by atoms with Crippen LogP contribution in [-0.2, 0) is 6.54 Å². The van der Waals surface area contributed by atoms with E-state index in [9.17, 15) is 0 Å². The van der Waals surface area contributed by atoms with Crippen LogP contribution in [0.1, 0.15) is 37.3 Å². The van der Waals surface area contributed by atoms with Crippen molar-refractivity contribution < 1.29 is 4.74 Å². The lowest BCUT2D eigenvalue weighted by atomic mass is 9.96. The quantitative estimate of drug-likeness (QED) is 0.928. The molecule has 0 bridgehead atoms. The number of rotatable bonds is 4. The van der Waals surface area contributed by atoms with Crippen molar-refractivity contribution in [1.82, 2.24) is 4.90 Å². The molecule has 1 aromatic rings. The lowest BCUT2D eigenvalue weighted by Gasteiger charge is -2.38. The van der Waals surface area contributed by atoms with Crippen molar-refractivity contribution in [1.29, 1.82) is 0 Å². The van der Waals surface area contributed by atoms with Gasteiger partial charge >= 0.3 is 0 Å². The van der Waals surface area contributed by atoms with E-state index in [-0.39, 0.29) is 18.4 Å². The number of methoxy groups -OCH3 is 1. The summed E-state index contributed by atoms with van der Waals surface area (Å²) in [5, 5.41) is 0. The first-order valence-corrected chi connectivity index (χ1v) is 7.25. The van der Waals surface area contributed by atoms with Gasteiger partial charge < -0.3 is 10.5 Å².